The first kappa shape index (κ1) is 16.7. The number of rotatable bonds is 5. The van der Waals surface area contributed by atoms with Gasteiger partial charge in [-0.05, 0) is 37.1 Å². The first-order chi connectivity index (χ1) is 11.0. The fraction of sp³-hybridized carbons (Fsp3) is 0.167. The van der Waals surface area contributed by atoms with Crippen molar-refractivity contribution in [3.63, 3.8) is 0 Å². The molecule has 0 spiro atoms. The van der Waals surface area contributed by atoms with Gasteiger partial charge in [-0.3, -0.25) is 4.79 Å². The molecule has 2 rings (SSSR count). The number of aryl methyl sites for hydroxylation is 2. The number of ether oxygens (including phenoxy) is 1. The van der Waals surface area contributed by atoms with Gasteiger partial charge < -0.3 is 10.1 Å². The maximum Gasteiger partial charge on any atom is 0.387 e. The molecule has 0 heterocycles. The summed E-state index contributed by atoms with van der Waals surface area (Å²) in [5.41, 5.74) is 3.06. The molecule has 5 heteroatoms. The second-order valence-corrected chi connectivity index (χ2v) is 5.01. The van der Waals surface area contributed by atoms with E-state index in [1.165, 1.54) is 18.2 Å². The number of alkyl halides is 2. The van der Waals surface area contributed by atoms with Gasteiger partial charge in [0.25, 0.3) is 0 Å². The molecule has 0 aliphatic carbocycles. The van der Waals surface area contributed by atoms with Gasteiger partial charge in [0.15, 0.2) is 0 Å². The van der Waals surface area contributed by atoms with Gasteiger partial charge in [0, 0.05) is 17.3 Å². The Morgan fingerprint density at radius 3 is 2.39 bits per heavy atom. The number of hydrogen-bond donors (Lipinski definition) is 1. The average molecular weight is 317 g/mol. The van der Waals surface area contributed by atoms with Crippen LogP contribution in [-0.4, -0.2) is 12.5 Å². The Hall–Kier alpha value is -2.69. The SMILES string of the molecule is Cc1cccc(C)c1NC(=O)C=Cc1ccccc1OC(F)F. The summed E-state index contributed by atoms with van der Waals surface area (Å²) in [5, 5.41) is 2.79. The Balaban J connectivity index is 2.13. The van der Waals surface area contributed by atoms with Crippen LogP contribution in [0.25, 0.3) is 6.08 Å². The molecule has 2 aromatic rings. The lowest BCUT2D eigenvalue weighted by Crippen LogP contribution is -2.10. The maximum absolute atomic E-state index is 12.4. The number of benzene rings is 2. The van der Waals surface area contributed by atoms with Crippen LogP contribution < -0.4 is 10.1 Å². The first-order valence-electron chi connectivity index (χ1n) is 7.06. The Bertz CT molecular complexity index is 706. The van der Waals surface area contributed by atoms with Crippen molar-refractivity contribution in [2.24, 2.45) is 0 Å². The fourth-order valence-electron chi connectivity index (χ4n) is 2.16. The summed E-state index contributed by atoms with van der Waals surface area (Å²) in [6.07, 6.45) is 2.74. The minimum absolute atomic E-state index is 0.0265. The van der Waals surface area contributed by atoms with E-state index >= 15 is 0 Å². The largest absolute Gasteiger partial charge is 0.434 e. The van der Waals surface area contributed by atoms with E-state index in [0.29, 0.717) is 5.56 Å². The lowest BCUT2D eigenvalue weighted by atomic mass is 10.1. The number of amides is 1. The monoisotopic (exact) mass is 317 g/mol. The second kappa shape index (κ2) is 7.54. The highest BCUT2D eigenvalue weighted by Gasteiger charge is 2.08. The molecule has 0 aliphatic rings. The van der Waals surface area contributed by atoms with E-state index in [2.05, 4.69) is 10.1 Å². The smallest absolute Gasteiger partial charge is 0.387 e. The minimum atomic E-state index is -2.91. The Labute approximate surface area is 133 Å². The summed E-state index contributed by atoms with van der Waals surface area (Å²) >= 11 is 0. The second-order valence-electron chi connectivity index (χ2n) is 5.01. The zero-order valence-electron chi connectivity index (χ0n) is 12.8. The number of nitrogens with one attached hydrogen (secondary N) is 1. The van der Waals surface area contributed by atoms with Gasteiger partial charge >= 0.3 is 6.61 Å². The topological polar surface area (TPSA) is 38.3 Å². The molecule has 0 saturated heterocycles. The highest BCUT2D eigenvalue weighted by atomic mass is 19.3. The lowest BCUT2D eigenvalue weighted by Gasteiger charge is -2.10. The predicted octanol–water partition coefficient (Wildman–Crippen LogP) is 4.56. The van der Waals surface area contributed by atoms with Crippen LogP contribution in [0, 0.1) is 13.8 Å². The summed E-state index contributed by atoms with van der Waals surface area (Å²) in [7, 11) is 0. The third-order valence-corrected chi connectivity index (χ3v) is 3.28. The highest BCUT2D eigenvalue weighted by Crippen LogP contribution is 2.22. The van der Waals surface area contributed by atoms with Crippen LogP contribution in [0.1, 0.15) is 16.7 Å². The highest BCUT2D eigenvalue weighted by molar-refractivity contribution is 6.03. The number of hydrogen-bond acceptors (Lipinski definition) is 2. The van der Waals surface area contributed by atoms with Crippen molar-refractivity contribution in [1.29, 1.82) is 0 Å². The molecule has 3 nitrogen and oxygen atoms in total. The zero-order chi connectivity index (χ0) is 16.8. The van der Waals surface area contributed by atoms with Gasteiger partial charge in [-0.15, -0.1) is 0 Å². The maximum atomic E-state index is 12.4. The molecule has 0 radical (unpaired) electrons. The number of halogens is 2. The standard InChI is InChI=1S/C18H17F2NO2/c1-12-6-5-7-13(2)17(12)21-16(22)11-10-14-8-3-4-9-15(14)23-18(19)20/h3-11,18H,1-2H3,(H,21,22). The molecule has 2 aromatic carbocycles. The molecule has 0 fully saturated rings. The van der Waals surface area contributed by atoms with Crippen molar-refractivity contribution < 1.29 is 18.3 Å². The van der Waals surface area contributed by atoms with E-state index in [1.807, 2.05) is 32.0 Å². The van der Waals surface area contributed by atoms with Crippen LogP contribution in [0.4, 0.5) is 14.5 Å². The quantitative estimate of drug-likeness (QED) is 0.821. The Kier molecular flexibility index (Phi) is 5.46. The molecule has 1 N–H and O–H groups in total. The van der Waals surface area contributed by atoms with Crippen molar-refractivity contribution >= 4 is 17.7 Å². The number of carbonyl (C=O) groups excluding carboxylic acids is 1. The molecular weight excluding hydrogens is 300 g/mol. The van der Waals surface area contributed by atoms with E-state index in [4.69, 9.17) is 0 Å². The predicted molar refractivity (Wildman–Crippen MR) is 86.7 cm³/mol. The van der Waals surface area contributed by atoms with Crippen molar-refractivity contribution in [2.45, 2.75) is 20.5 Å². The summed E-state index contributed by atoms with van der Waals surface area (Å²) in [4.78, 5) is 12.0. The van der Waals surface area contributed by atoms with Crippen LogP contribution in [0.15, 0.2) is 48.5 Å². The van der Waals surface area contributed by atoms with E-state index in [0.717, 1.165) is 16.8 Å². The number of carbonyl (C=O) groups is 1. The number of para-hydroxylation sites is 2. The normalized spacial score (nSPS) is 11.0. The Morgan fingerprint density at radius 1 is 1.09 bits per heavy atom. The zero-order valence-corrected chi connectivity index (χ0v) is 12.8. The molecule has 0 aromatic heterocycles. The molecule has 0 saturated carbocycles. The summed E-state index contributed by atoms with van der Waals surface area (Å²) in [6, 6.07) is 12.0. The number of anilines is 1. The molecule has 0 atom stereocenters. The van der Waals surface area contributed by atoms with Gasteiger partial charge in [0.1, 0.15) is 5.75 Å². The van der Waals surface area contributed by atoms with E-state index in [9.17, 15) is 13.6 Å². The molecule has 23 heavy (non-hydrogen) atoms. The van der Waals surface area contributed by atoms with E-state index in [1.54, 1.807) is 18.2 Å². The van der Waals surface area contributed by atoms with E-state index in [-0.39, 0.29) is 11.7 Å². The minimum Gasteiger partial charge on any atom is -0.434 e. The molecule has 0 unspecified atom stereocenters. The Morgan fingerprint density at radius 2 is 1.74 bits per heavy atom. The van der Waals surface area contributed by atoms with Gasteiger partial charge in [0.05, 0.1) is 0 Å². The van der Waals surface area contributed by atoms with E-state index < -0.39 is 6.61 Å². The van der Waals surface area contributed by atoms with Crippen LogP contribution in [-0.2, 0) is 4.79 Å². The van der Waals surface area contributed by atoms with Crippen molar-refractivity contribution in [1.82, 2.24) is 0 Å². The van der Waals surface area contributed by atoms with Gasteiger partial charge in [-0.1, -0.05) is 36.4 Å². The first-order valence-corrected chi connectivity index (χ1v) is 7.06. The summed E-state index contributed by atoms with van der Waals surface area (Å²) in [6.45, 7) is 0.893. The van der Waals surface area contributed by atoms with Crippen LogP contribution in [0.2, 0.25) is 0 Å². The summed E-state index contributed by atoms with van der Waals surface area (Å²) in [5.74, 6) is -0.312. The van der Waals surface area contributed by atoms with Gasteiger partial charge in [0.2, 0.25) is 5.91 Å². The van der Waals surface area contributed by atoms with Crippen LogP contribution in [0.3, 0.4) is 0 Å². The summed E-state index contributed by atoms with van der Waals surface area (Å²) < 4.78 is 29.1. The van der Waals surface area contributed by atoms with Crippen molar-refractivity contribution in [3.05, 3.63) is 65.2 Å². The van der Waals surface area contributed by atoms with Crippen molar-refractivity contribution in [3.8, 4) is 5.75 Å². The lowest BCUT2D eigenvalue weighted by molar-refractivity contribution is -0.111. The fourth-order valence-corrected chi connectivity index (χ4v) is 2.16. The molecular formula is C18H17F2NO2. The van der Waals surface area contributed by atoms with Gasteiger partial charge in [-0.25, -0.2) is 0 Å². The van der Waals surface area contributed by atoms with Gasteiger partial charge in [-0.2, -0.15) is 8.78 Å². The molecule has 1 amide bonds. The van der Waals surface area contributed by atoms with Crippen molar-refractivity contribution in [2.75, 3.05) is 5.32 Å². The third-order valence-electron chi connectivity index (χ3n) is 3.28. The van der Waals surface area contributed by atoms with Crippen LogP contribution in [0.5, 0.6) is 5.75 Å². The molecule has 0 aliphatic heterocycles. The average Bonchev–Trinajstić information content (AvgIpc) is 2.50. The molecule has 120 valence electrons. The molecule has 0 bridgehead atoms. The van der Waals surface area contributed by atoms with Crippen LogP contribution >= 0.6 is 0 Å². The third kappa shape index (κ3) is 4.64.